The van der Waals surface area contributed by atoms with E-state index in [0.29, 0.717) is 5.82 Å². The van der Waals surface area contributed by atoms with E-state index in [4.69, 9.17) is 0 Å². The smallest absolute Gasteiger partial charge is 0.135 e. The Hall–Kier alpha value is -1.84. The van der Waals surface area contributed by atoms with Gasteiger partial charge in [-0.15, -0.1) is 20.4 Å². The van der Waals surface area contributed by atoms with E-state index < -0.39 is 0 Å². The molecule has 0 radical (unpaired) electrons. The van der Waals surface area contributed by atoms with Gasteiger partial charge in [0.15, 0.2) is 6.33 Å². The minimum atomic E-state index is 0.554. The van der Waals surface area contributed by atoms with E-state index in [1.807, 2.05) is 30.3 Å². The van der Waals surface area contributed by atoms with Gasteiger partial charge in [-0.05, 0) is 0 Å². The van der Waals surface area contributed by atoms with E-state index in [2.05, 4.69) is 20.4 Å². The highest BCUT2D eigenvalue weighted by molar-refractivity contribution is 5.52. The lowest BCUT2D eigenvalue weighted by molar-refractivity contribution is 0.864. The molecule has 0 bridgehead atoms. The molecule has 0 aliphatic carbocycles. The summed E-state index contributed by atoms with van der Waals surface area (Å²) in [6.07, 6.45) is 1.31. The molecule has 1 aromatic carbocycles. The van der Waals surface area contributed by atoms with Gasteiger partial charge in [-0.2, -0.15) is 0 Å². The van der Waals surface area contributed by atoms with Gasteiger partial charge in [-0.3, -0.25) is 0 Å². The van der Waals surface area contributed by atoms with Crippen molar-refractivity contribution < 1.29 is 0 Å². The third-order valence-electron chi connectivity index (χ3n) is 1.44. The maximum absolute atomic E-state index is 3.83. The Morgan fingerprint density at radius 3 is 2.17 bits per heavy atom. The van der Waals surface area contributed by atoms with Crippen LogP contribution in [0.4, 0.5) is 0 Å². The minimum Gasteiger partial charge on any atom is -0.135 e. The SMILES string of the molecule is c1ccc(-c2[15n][15n]c[15n][15n]2)cc1. The van der Waals surface area contributed by atoms with Crippen LogP contribution >= 0.6 is 0 Å². The Balaban J connectivity index is 2.46. The molecule has 2 rings (SSSR count). The molecule has 1 heterocycles. The molecule has 0 saturated carbocycles. The Kier molecular flexibility index (Phi) is 1.74. The summed E-state index contributed by atoms with van der Waals surface area (Å²) in [5.74, 6) is 0.554. The summed E-state index contributed by atoms with van der Waals surface area (Å²) in [6.45, 7) is 0. The van der Waals surface area contributed by atoms with Crippen LogP contribution in [0.2, 0.25) is 0 Å². The van der Waals surface area contributed by atoms with Crippen molar-refractivity contribution in [1.29, 1.82) is 0 Å². The summed E-state index contributed by atoms with van der Waals surface area (Å²) >= 11 is 0. The first-order valence-corrected chi connectivity index (χ1v) is 3.52. The molecule has 12 heavy (non-hydrogen) atoms. The Labute approximate surface area is 69.3 Å². The molecular formula is C8H6N4. The molecule has 1 aromatic heterocycles. The van der Waals surface area contributed by atoms with Gasteiger partial charge in [0.25, 0.3) is 0 Å². The van der Waals surface area contributed by atoms with Gasteiger partial charge in [0.1, 0.15) is 0 Å². The van der Waals surface area contributed by atoms with Crippen LogP contribution in [0, 0.1) is 0 Å². The molecule has 0 aliphatic heterocycles. The second kappa shape index (κ2) is 3.04. The van der Waals surface area contributed by atoms with Crippen molar-refractivity contribution in [2.24, 2.45) is 0 Å². The summed E-state index contributed by atoms with van der Waals surface area (Å²) in [6, 6.07) is 9.61. The van der Waals surface area contributed by atoms with Crippen molar-refractivity contribution in [3.05, 3.63) is 36.7 Å². The van der Waals surface area contributed by atoms with Gasteiger partial charge in [0.2, 0.25) is 5.82 Å². The first kappa shape index (κ1) is 6.84. The monoisotopic (exact) mass is 162 g/mol. The topological polar surface area (TPSA) is 51.6 Å². The number of rotatable bonds is 1. The second-order valence-corrected chi connectivity index (χ2v) is 2.24. The van der Waals surface area contributed by atoms with E-state index in [1.165, 1.54) is 6.33 Å². The fourth-order valence-corrected chi connectivity index (χ4v) is 0.907. The zero-order valence-corrected chi connectivity index (χ0v) is 6.25. The minimum absolute atomic E-state index is 0.554. The van der Waals surface area contributed by atoms with Gasteiger partial charge in [-0.25, -0.2) is 0 Å². The Bertz CT molecular complexity index is 308. The van der Waals surface area contributed by atoms with Crippen LogP contribution in [0.3, 0.4) is 0 Å². The predicted octanol–water partition coefficient (Wildman–Crippen LogP) is 0.934. The molecule has 0 spiro atoms. The fourth-order valence-electron chi connectivity index (χ4n) is 0.907. The largest absolute Gasteiger partial charge is 0.203 e. The van der Waals surface area contributed by atoms with E-state index in [-0.39, 0.29) is 0 Å². The van der Waals surface area contributed by atoms with Crippen LogP contribution in [0.5, 0.6) is 0 Å². The quantitative estimate of drug-likeness (QED) is 0.626. The fraction of sp³-hybridized carbons (Fsp3) is 0. The maximum Gasteiger partial charge on any atom is 0.203 e. The van der Waals surface area contributed by atoms with E-state index in [9.17, 15) is 0 Å². The van der Waals surface area contributed by atoms with Crippen molar-refractivity contribution >= 4 is 0 Å². The number of aromatic nitrogens is 4. The van der Waals surface area contributed by atoms with E-state index in [0.717, 1.165) is 5.56 Å². The van der Waals surface area contributed by atoms with Gasteiger partial charge < -0.3 is 0 Å². The molecule has 4 heteroatoms. The van der Waals surface area contributed by atoms with Gasteiger partial charge in [-0.1, -0.05) is 30.3 Å². The molecule has 0 atom stereocenters. The number of hydrogen-bond donors (Lipinski definition) is 0. The van der Waals surface area contributed by atoms with Gasteiger partial charge in [0.05, 0.1) is 0 Å². The third-order valence-corrected chi connectivity index (χ3v) is 1.44. The highest BCUT2D eigenvalue weighted by Gasteiger charge is 1.97. The van der Waals surface area contributed by atoms with Crippen LogP contribution in [0.1, 0.15) is 0 Å². The summed E-state index contributed by atoms with van der Waals surface area (Å²) in [5.41, 5.74) is 0.929. The van der Waals surface area contributed by atoms with Crippen LogP contribution in [-0.2, 0) is 0 Å². The lowest BCUT2D eigenvalue weighted by Crippen LogP contribution is -1.92. The summed E-state index contributed by atoms with van der Waals surface area (Å²) in [5, 5.41) is 14.9. The average molecular weight is 162 g/mol. The average Bonchev–Trinajstić information content (AvgIpc) is 2.21. The molecule has 0 N–H and O–H groups in total. The molecule has 0 unspecified atom stereocenters. The van der Waals surface area contributed by atoms with Crippen LogP contribution in [0.15, 0.2) is 36.7 Å². The Morgan fingerprint density at radius 1 is 0.833 bits per heavy atom. The molecular weight excluding hydrogens is 156 g/mol. The normalized spacial score (nSPS) is 9.67. The van der Waals surface area contributed by atoms with E-state index in [1.54, 1.807) is 0 Å². The summed E-state index contributed by atoms with van der Waals surface area (Å²) in [7, 11) is 0. The molecule has 2 aromatic rings. The third kappa shape index (κ3) is 1.27. The zero-order chi connectivity index (χ0) is 8.23. The molecule has 0 amide bonds. The lowest BCUT2D eigenvalue weighted by Gasteiger charge is -1.93. The molecule has 0 fully saturated rings. The van der Waals surface area contributed by atoms with Gasteiger partial charge in [0, 0.05) is 5.56 Å². The first-order valence-electron chi connectivity index (χ1n) is 3.52. The summed E-state index contributed by atoms with van der Waals surface area (Å²) < 4.78 is 0. The highest BCUT2D eigenvalue weighted by Crippen LogP contribution is 2.10. The Morgan fingerprint density at radius 2 is 1.50 bits per heavy atom. The number of nitrogens with zero attached hydrogens (tertiary/aromatic N) is 4. The van der Waals surface area contributed by atoms with Crippen molar-refractivity contribution in [2.45, 2.75) is 0 Å². The first-order chi connectivity index (χ1) is 5.97. The highest BCUT2D eigenvalue weighted by atomic mass is 16.2. The summed E-state index contributed by atoms with van der Waals surface area (Å²) in [4.78, 5) is 0. The standard InChI is InChI=1S/C8H6N4/c1-2-4-7(5-3-1)8-11-9-6-10-12-8/h1-6H/i9+1,10+1,11+1,12+1. The molecule has 0 saturated heterocycles. The zero-order valence-electron chi connectivity index (χ0n) is 6.25. The predicted molar refractivity (Wildman–Crippen MR) is 43.1 cm³/mol. The van der Waals surface area contributed by atoms with Crippen LogP contribution < -0.4 is 0 Å². The lowest BCUT2D eigenvalue weighted by atomic mass is 10.2. The van der Waals surface area contributed by atoms with E-state index >= 15 is 0 Å². The van der Waals surface area contributed by atoms with Crippen molar-refractivity contribution in [3.8, 4) is 11.4 Å². The van der Waals surface area contributed by atoms with Crippen molar-refractivity contribution in [1.82, 2.24) is 20.4 Å². The van der Waals surface area contributed by atoms with Crippen LogP contribution in [-0.4, -0.2) is 20.4 Å². The number of hydrogen-bond acceptors (Lipinski definition) is 4. The number of benzene rings is 1. The molecule has 4 nitrogen and oxygen atoms in total. The van der Waals surface area contributed by atoms with Crippen molar-refractivity contribution in [2.75, 3.05) is 0 Å². The van der Waals surface area contributed by atoms with Crippen molar-refractivity contribution in [3.63, 3.8) is 0 Å². The molecule has 58 valence electrons. The maximum atomic E-state index is 3.83. The second-order valence-electron chi connectivity index (χ2n) is 2.24. The molecule has 0 aliphatic rings. The van der Waals surface area contributed by atoms with Gasteiger partial charge >= 0.3 is 0 Å². The van der Waals surface area contributed by atoms with Crippen LogP contribution in [0.25, 0.3) is 11.4 Å².